The first-order valence-corrected chi connectivity index (χ1v) is 6.81. The molecule has 4 heteroatoms. The Labute approximate surface area is 125 Å². The fraction of sp³-hybridized carbons (Fsp3) is 0.0625. The van der Waals surface area contributed by atoms with E-state index in [4.69, 9.17) is 27.6 Å². The van der Waals surface area contributed by atoms with E-state index >= 15 is 0 Å². The van der Waals surface area contributed by atoms with Crippen molar-refractivity contribution in [2.45, 2.75) is 6.92 Å². The lowest BCUT2D eigenvalue weighted by Crippen LogP contribution is -2.00. The Morgan fingerprint density at radius 2 is 1.70 bits per heavy atom. The first kappa shape index (κ1) is 13.2. The van der Waals surface area contributed by atoms with Crippen molar-refractivity contribution in [1.82, 2.24) is 0 Å². The molecule has 3 rings (SSSR count). The number of hydrogen-bond donors (Lipinski definition) is 0. The molecule has 3 aromatic rings. The van der Waals surface area contributed by atoms with Gasteiger partial charge in [0, 0.05) is 6.07 Å². The molecule has 0 aliphatic carbocycles. The Hall–Kier alpha value is -1.77. The van der Waals surface area contributed by atoms with Crippen molar-refractivity contribution in [2.75, 3.05) is 0 Å². The predicted octanol–water partition coefficient (Wildman–Crippen LogP) is 5.08. The van der Waals surface area contributed by atoms with Crippen molar-refractivity contribution in [3.63, 3.8) is 0 Å². The number of benzene rings is 2. The summed E-state index contributed by atoms with van der Waals surface area (Å²) >= 11 is 12.3. The smallest absolute Gasteiger partial charge is 0.193 e. The summed E-state index contributed by atoms with van der Waals surface area (Å²) in [5.41, 5.74) is 1.97. The van der Waals surface area contributed by atoms with Gasteiger partial charge in [-0.25, -0.2) is 0 Å². The van der Waals surface area contributed by atoms with Crippen LogP contribution in [-0.2, 0) is 0 Å². The number of rotatable bonds is 1. The zero-order chi connectivity index (χ0) is 14.3. The molecule has 0 aliphatic heterocycles. The van der Waals surface area contributed by atoms with Gasteiger partial charge in [-0.3, -0.25) is 4.79 Å². The Morgan fingerprint density at radius 3 is 2.40 bits per heavy atom. The van der Waals surface area contributed by atoms with Gasteiger partial charge in [0.15, 0.2) is 5.43 Å². The first-order chi connectivity index (χ1) is 9.56. The van der Waals surface area contributed by atoms with E-state index in [1.54, 1.807) is 24.3 Å². The maximum Gasteiger partial charge on any atom is 0.193 e. The third-order valence-corrected chi connectivity index (χ3v) is 3.72. The van der Waals surface area contributed by atoms with Crippen LogP contribution in [-0.4, -0.2) is 0 Å². The van der Waals surface area contributed by atoms with Gasteiger partial charge in [-0.2, -0.15) is 0 Å². The summed E-state index contributed by atoms with van der Waals surface area (Å²) in [5, 5.41) is 1.45. The fourth-order valence-corrected chi connectivity index (χ4v) is 2.70. The van der Waals surface area contributed by atoms with Gasteiger partial charge in [0.2, 0.25) is 0 Å². The van der Waals surface area contributed by atoms with Gasteiger partial charge in [0.1, 0.15) is 11.3 Å². The summed E-state index contributed by atoms with van der Waals surface area (Å²) in [6.07, 6.45) is 0. The topological polar surface area (TPSA) is 30.2 Å². The van der Waals surface area contributed by atoms with Crippen LogP contribution in [0.1, 0.15) is 5.56 Å². The van der Waals surface area contributed by atoms with Crippen molar-refractivity contribution in [3.05, 3.63) is 68.3 Å². The van der Waals surface area contributed by atoms with E-state index in [0.717, 1.165) is 5.56 Å². The maximum absolute atomic E-state index is 12.2. The molecular weight excluding hydrogens is 295 g/mol. The monoisotopic (exact) mass is 304 g/mol. The van der Waals surface area contributed by atoms with Crippen LogP contribution in [0.3, 0.4) is 0 Å². The zero-order valence-electron chi connectivity index (χ0n) is 10.6. The minimum absolute atomic E-state index is 0.114. The minimum Gasteiger partial charge on any atom is -0.456 e. The highest BCUT2D eigenvalue weighted by Crippen LogP contribution is 2.35. The summed E-state index contributed by atoms with van der Waals surface area (Å²) in [7, 11) is 0. The molecule has 2 nitrogen and oxygen atoms in total. The Balaban J connectivity index is 2.35. The van der Waals surface area contributed by atoms with E-state index in [1.165, 1.54) is 6.07 Å². The molecule has 0 aliphatic rings. The van der Waals surface area contributed by atoms with E-state index in [0.29, 0.717) is 32.3 Å². The lowest BCUT2D eigenvalue weighted by molar-refractivity contribution is 0.618. The normalized spacial score (nSPS) is 10.9. The molecule has 0 bridgehead atoms. The molecule has 0 spiro atoms. The quantitative estimate of drug-likeness (QED) is 0.628. The molecule has 0 radical (unpaired) electrons. The van der Waals surface area contributed by atoms with Crippen LogP contribution in [0.25, 0.3) is 22.3 Å². The van der Waals surface area contributed by atoms with E-state index in [9.17, 15) is 4.79 Å². The molecule has 0 unspecified atom stereocenters. The molecule has 0 N–H and O–H groups in total. The first-order valence-electron chi connectivity index (χ1n) is 6.05. The minimum atomic E-state index is -0.114. The van der Waals surface area contributed by atoms with Gasteiger partial charge >= 0.3 is 0 Å². The Kier molecular flexibility index (Phi) is 3.28. The van der Waals surface area contributed by atoms with E-state index < -0.39 is 0 Å². The van der Waals surface area contributed by atoms with Crippen LogP contribution < -0.4 is 5.43 Å². The molecule has 0 amide bonds. The van der Waals surface area contributed by atoms with Crippen LogP contribution in [0.15, 0.2) is 51.7 Å². The molecule has 2 aromatic carbocycles. The molecule has 0 saturated heterocycles. The molecular formula is C16H10Cl2O2. The fourth-order valence-electron chi connectivity index (χ4n) is 2.12. The van der Waals surface area contributed by atoms with Crippen molar-refractivity contribution < 1.29 is 4.42 Å². The Morgan fingerprint density at radius 1 is 1.00 bits per heavy atom. The number of hydrogen-bond acceptors (Lipinski definition) is 2. The lowest BCUT2D eigenvalue weighted by atomic mass is 10.1. The van der Waals surface area contributed by atoms with Crippen LogP contribution >= 0.6 is 23.2 Å². The highest BCUT2D eigenvalue weighted by Gasteiger charge is 2.13. The summed E-state index contributed by atoms with van der Waals surface area (Å²) in [6.45, 7) is 1.94. The number of halogens is 2. The summed E-state index contributed by atoms with van der Waals surface area (Å²) in [6, 6.07) is 12.1. The average Bonchev–Trinajstić information content (AvgIpc) is 2.38. The summed E-state index contributed by atoms with van der Waals surface area (Å²) in [4.78, 5) is 12.2. The van der Waals surface area contributed by atoms with Crippen LogP contribution in [0, 0.1) is 6.92 Å². The zero-order valence-corrected chi connectivity index (χ0v) is 12.1. The molecule has 20 heavy (non-hydrogen) atoms. The standard InChI is InChI=1S/C16H10Cl2O2/c1-9-5-6-10-13(19)8-15(20-14(10)7-9)16-11(17)3-2-4-12(16)18/h2-8H,1H3. The van der Waals surface area contributed by atoms with Gasteiger partial charge in [-0.05, 0) is 36.8 Å². The van der Waals surface area contributed by atoms with E-state index in [2.05, 4.69) is 0 Å². The van der Waals surface area contributed by atoms with Gasteiger partial charge < -0.3 is 4.42 Å². The van der Waals surface area contributed by atoms with Crippen molar-refractivity contribution in [2.24, 2.45) is 0 Å². The number of aryl methyl sites for hydroxylation is 1. The van der Waals surface area contributed by atoms with E-state index in [-0.39, 0.29) is 5.43 Å². The SMILES string of the molecule is Cc1ccc2c(=O)cc(-c3c(Cl)cccc3Cl)oc2c1. The molecule has 1 aromatic heterocycles. The third-order valence-electron chi connectivity index (χ3n) is 3.09. The second-order valence-electron chi connectivity index (χ2n) is 4.57. The van der Waals surface area contributed by atoms with Crippen LogP contribution in [0.2, 0.25) is 10.0 Å². The lowest BCUT2D eigenvalue weighted by Gasteiger charge is -2.07. The molecule has 0 atom stereocenters. The van der Waals surface area contributed by atoms with E-state index in [1.807, 2.05) is 19.1 Å². The third kappa shape index (κ3) is 2.21. The highest BCUT2D eigenvalue weighted by molar-refractivity contribution is 6.39. The summed E-state index contributed by atoms with van der Waals surface area (Å²) in [5.74, 6) is 0.378. The second kappa shape index (κ2) is 4.97. The van der Waals surface area contributed by atoms with Gasteiger partial charge in [-0.15, -0.1) is 0 Å². The molecule has 0 saturated carbocycles. The van der Waals surface area contributed by atoms with Crippen molar-refractivity contribution >= 4 is 34.2 Å². The highest BCUT2D eigenvalue weighted by atomic mass is 35.5. The van der Waals surface area contributed by atoms with Crippen molar-refractivity contribution in [3.8, 4) is 11.3 Å². The second-order valence-corrected chi connectivity index (χ2v) is 5.39. The van der Waals surface area contributed by atoms with Crippen LogP contribution in [0.4, 0.5) is 0 Å². The van der Waals surface area contributed by atoms with Crippen molar-refractivity contribution in [1.29, 1.82) is 0 Å². The van der Waals surface area contributed by atoms with Gasteiger partial charge in [0.25, 0.3) is 0 Å². The predicted molar refractivity (Wildman–Crippen MR) is 82.7 cm³/mol. The van der Waals surface area contributed by atoms with Gasteiger partial charge in [-0.1, -0.05) is 35.3 Å². The molecule has 1 heterocycles. The Bertz CT molecular complexity index is 846. The molecule has 0 fully saturated rings. The van der Waals surface area contributed by atoms with Gasteiger partial charge in [0.05, 0.1) is 21.0 Å². The largest absolute Gasteiger partial charge is 0.456 e. The summed E-state index contributed by atoms with van der Waals surface area (Å²) < 4.78 is 5.80. The average molecular weight is 305 g/mol. The maximum atomic E-state index is 12.2. The van der Waals surface area contributed by atoms with Crippen LogP contribution in [0.5, 0.6) is 0 Å². The number of fused-ring (bicyclic) bond motifs is 1. The molecule has 100 valence electrons.